The molecule has 0 unspecified atom stereocenters. The van der Waals surface area contributed by atoms with E-state index >= 15 is 0 Å². The third-order valence-electron chi connectivity index (χ3n) is 4.26. The number of nitrogens with zero attached hydrogens (tertiary/aromatic N) is 2. The molecule has 1 saturated carbocycles. The lowest BCUT2D eigenvalue weighted by atomic mass is 9.89. The van der Waals surface area contributed by atoms with Gasteiger partial charge in [0, 0.05) is 19.2 Å². The first-order chi connectivity index (χ1) is 9.74. The van der Waals surface area contributed by atoms with Gasteiger partial charge in [-0.2, -0.15) is 0 Å². The van der Waals surface area contributed by atoms with E-state index in [2.05, 4.69) is 10.3 Å². The number of rotatable bonds is 3. The minimum absolute atomic E-state index is 0.0168. The summed E-state index contributed by atoms with van der Waals surface area (Å²) in [5.74, 6) is 0.675. The predicted octanol–water partition coefficient (Wildman–Crippen LogP) is 2.88. The fraction of sp³-hybridized carbons (Fsp3) is 0.500. The Balaban J connectivity index is 1.65. The number of hydrogen-bond donors (Lipinski definition) is 1. The molecule has 106 valence electrons. The highest BCUT2D eigenvalue weighted by molar-refractivity contribution is 5.97. The average Bonchev–Trinajstić information content (AvgIpc) is 2.87. The Morgan fingerprint density at radius 1 is 1.35 bits per heavy atom. The highest BCUT2D eigenvalue weighted by atomic mass is 16.1. The first-order valence-corrected chi connectivity index (χ1v) is 7.43. The van der Waals surface area contributed by atoms with E-state index in [0.717, 1.165) is 17.6 Å². The lowest BCUT2D eigenvalue weighted by molar-refractivity contribution is 0.0943. The Morgan fingerprint density at radius 3 is 2.95 bits per heavy atom. The van der Waals surface area contributed by atoms with E-state index in [1.165, 1.54) is 32.1 Å². The van der Waals surface area contributed by atoms with Crippen LogP contribution in [0.25, 0.3) is 11.0 Å². The fourth-order valence-corrected chi connectivity index (χ4v) is 3.01. The van der Waals surface area contributed by atoms with Crippen LogP contribution in [-0.2, 0) is 7.05 Å². The van der Waals surface area contributed by atoms with Gasteiger partial charge in [-0.15, -0.1) is 0 Å². The zero-order valence-electron chi connectivity index (χ0n) is 11.9. The topological polar surface area (TPSA) is 46.9 Å². The van der Waals surface area contributed by atoms with Crippen molar-refractivity contribution in [1.29, 1.82) is 0 Å². The molecule has 20 heavy (non-hydrogen) atoms. The minimum Gasteiger partial charge on any atom is -0.352 e. The van der Waals surface area contributed by atoms with Gasteiger partial charge in [0.15, 0.2) is 0 Å². The van der Waals surface area contributed by atoms with Crippen LogP contribution in [0.15, 0.2) is 24.5 Å². The maximum Gasteiger partial charge on any atom is 0.251 e. The highest BCUT2D eigenvalue weighted by Crippen LogP contribution is 2.23. The van der Waals surface area contributed by atoms with Crippen LogP contribution in [0.4, 0.5) is 0 Å². The number of amides is 1. The van der Waals surface area contributed by atoms with Crippen molar-refractivity contribution >= 4 is 16.9 Å². The van der Waals surface area contributed by atoms with Crippen LogP contribution in [0.3, 0.4) is 0 Å². The molecule has 1 amide bonds. The van der Waals surface area contributed by atoms with Crippen molar-refractivity contribution in [3.8, 4) is 0 Å². The van der Waals surface area contributed by atoms with Gasteiger partial charge in [-0.3, -0.25) is 4.79 Å². The number of fused-ring (bicyclic) bond motifs is 1. The van der Waals surface area contributed by atoms with Crippen molar-refractivity contribution in [3.05, 3.63) is 30.1 Å². The summed E-state index contributed by atoms with van der Waals surface area (Å²) in [4.78, 5) is 16.5. The maximum atomic E-state index is 12.2. The zero-order valence-corrected chi connectivity index (χ0v) is 11.9. The third-order valence-corrected chi connectivity index (χ3v) is 4.26. The molecule has 1 aromatic carbocycles. The van der Waals surface area contributed by atoms with E-state index in [1.807, 2.05) is 29.8 Å². The molecule has 1 heterocycles. The average molecular weight is 271 g/mol. The molecule has 1 aliphatic rings. The van der Waals surface area contributed by atoms with Gasteiger partial charge in [-0.25, -0.2) is 4.98 Å². The Kier molecular flexibility index (Phi) is 3.72. The molecule has 3 rings (SSSR count). The molecular weight excluding hydrogens is 250 g/mol. The zero-order chi connectivity index (χ0) is 13.9. The van der Waals surface area contributed by atoms with Crippen LogP contribution in [0.2, 0.25) is 0 Å². The highest BCUT2D eigenvalue weighted by Gasteiger charge is 2.15. The Morgan fingerprint density at radius 2 is 2.15 bits per heavy atom. The van der Waals surface area contributed by atoms with E-state index in [-0.39, 0.29) is 5.91 Å². The number of imidazole rings is 1. The van der Waals surface area contributed by atoms with Crippen LogP contribution in [-0.4, -0.2) is 22.0 Å². The third kappa shape index (κ3) is 2.69. The normalized spacial score (nSPS) is 16.4. The van der Waals surface area contributed by atoms with E-state index in [0.29, 0.717) is 11.5 Å². The Labute approximate surface area is 119 Å². The van der Waals surface area contributed by atoms with Gasteiger partial charge in [-0.1, -0.05) is 19.3 Å². The summed E-state index contributed by atoms with van der Waals surface area (Å²) in [6.07, 6.45) is 8.23. The summed E-state index contributed by atoms with van der Waals surface area (Å²) >= 11 is 0. The molecule has 0 radical (unpaired) electrons. The number of aryl methyl sites for hydroxylation is 1. The molecule has 1 N–H and O–H groups in total. The fourth-order valence-electron chi connectivity index (χ4n) is 3.01. The van der Waals surface area contributed by atoms with Gasteiger partial charge in [-0.05, 0) is 37.0 Å². The van der Waals surface area contributed by atoms with Crippen LogP contribution in [0.1, 0.15) is 42.5 Å². The molecule has 0 bridgehead atoms. The standard InChI is InChI=1S/C16H21N3O/c1-19-11-18-14-9-13(7-8-15(14)19)16(20)17-10-12-5-3-2-4-6-12/h7-9,11-12H,2-6,10H2,1H3,(H,17,20). The molecule has 0 aliphatic heterocycles. The van der Waals surface area contributed by atoms with Crippen molar-refractivity contribution < 1.29 is 4.79 Å². The SMILES string of the molecule is Cn1cnc2cc(C(=O)NCC3CCCCC3)ccc21. The monoisotopic (exact) mass is 271 g/mol. The summed E-state index contributed by atoms with van der Waals surface area (Å²) < 4.78 is 1.96. The van der Waals surface area contributed by atoms with Gasteiger partial charge in [0.1, 0.15) is 0 Å². The second-order valence-electron chi connectivity index (χ2n) is 5.77. The Bertz CT molecular complexity index is 611. The van der Waals surface area contributed by atoms with E-state index < -0.39 is 0 Å². The lowest BCUT2D eigenvalue weighted by Gasteiger charge is -2.21. The van der Waals surface area contributed by atoms with E-state index in [9.17, 15) is 4.79 Å². The number of carbonyl (C=O) groups is 1. The Hall–Kier alpha value is -1.84. The number of benzene rings is 1. The molecule has 1 aliphatic carbocycles. The van der Waals surface area contributed by atoms with Gasteiger partial charge < -0.3 is 9.88 Å². The van der Waals surface area contributed by atoms with E-state index in [1.54, 1.807) is 6.33 Å². The molecule has 0 atom stereocenters. The number of carbonyl (C=O) groups excluding carboxylic acids is 1. The van der Waals surface area contributed by atoms with Gasteiger partial charge in [0.05, 0.1) is 17.4 Å². The first-order valence-electron chi connectivity index (χ1n) is 7.43. The number of hydrogen-bond acceptors (Lipinski definition) is 2. The molecule has 0 spiro atoms. The molecule has 1 fully saturated rings. The molecule has 2 aromatic rings. The molecule has 4 nitrogen and oxygen atoms in total. The summed E-state index contributed by atoms with van der Waals surface area (Å²) in [6, 6.07) is 5.70. The first kappa shape index (κ1) is 13.2. The van der Waals surface area contributed by atoms with Crippen molar-refractivity contribution in [2.45, 2.75) is 32.1 Å². The van der Waals surface area contributed by atoms with Crippen LogP contribution < -0.4 is 5.32 Å². The number of aromatic nitrogens is 2. The molecule has 1 aromatic heterocycles. The number of nitrogens with one attached hydrogen (secondary N) is 1. The summed E-state index contributed by atoms with van der Waals surface area (Å²) in [7, 11) is 1.96. The van der Waals surface area contributed by atoms with Gasteiger partial charge in [0.2, 0.25) is 0 Å². The van der Waals surface area contributed by atoms with Crippen molar-refractivity contribution in [3.63, 3.8) is 0 Å². The summed E-state index contributed by atoms with van der Waals surface area (Å²) in [5.41, 5.74) is 2.62. The van der Waals surface area contributed by atoms with Crippen LogP contribution >= 0.6 is 0 Å². The van der Waals surface area contributed by atoms with Crippen molar-refractivity contribution in [2.75, 3.05) is 6.54 Å². The summed E-state index contributed by atoms with van der Waals surface area (Å²) in [6.45, 7) is 0.805. The maximum absolute atomic E-state index is 12.2. The van der Waals surface area contributed by atoms with E-state index in [4.69, 9.17) is 0 Å². The van der Waals surface area contributed by atoms with Gasteiger partial charge in [0.25, 0.3) is 5.91 Å². The second-order valence-corrected chi connectivity index (χ2v) is 5.77. The second kappa shape index (κ2) is 5.65. The van der Waals surface area contributed by atoms with Crippen molar-refractivity contribution in [1.82, 2.24) is 14.9 Å². The largest absolute Gasteiger partial charge is 0.352 e. The van der Waals surface area contributed by atoms with Gasteiger partial charge >= 0.3 is 0 Å². The predicted molar refractivity (Wildman–Crippen MR) is 79.6 cm³/mol. The minimum atomic E-state index is 0.0168. The summed E-state index contributed by atoms with van der Waals surface area (Å²) in [5, 5.41) is 3.07. The molecule has 0 saturated heterocycles. The van der Waals surface area contributed by atoms with Crippen LogP contribution in [0, 0.1) is 5.92 Å². The lowest BCUT2D eigenvalue weighted by Crippen LogP contribution is -2.30. The van der Waals surface area contributed by atoms with Crippen LogP contribution in [0.5, 0.6) is 0 Å². The quantitative estimate of drug-likeness (QED) is 0.933. The molecular formula is C16H21N3O. The molecule has 4 heteroatoms. The van der Waals surface area contributed by atoms with Crippen molar-refractivity contribution in [2.24, 2.45) is 13.0 Å². The smallest absolute Gasteiger partial charge is 0.251 e.